The number of hydrogen-bond acceptors (Lipinski definition) is 4. The average Bonchev–Trinajstić information content (AvgIpc) is 2.80. The van der Waals surface area contributed by atoms with E-state index in [0.29, 0.717) is 10.9 Å². The number of rotatable bonds is 6. The molecule has 21 heavy (non-hydrogen) atoms. The lowest BCUT2D eigenvalue weighted by molar-refractivity contribution is 0.415. The van der Waals surface area contributed by atoms with Crippen molar-refractivity contribution in [1.82, 2.24) is 4.31 Å². The maximum absolute atomic E-state index is 12.7. The quantitative estimate of drug-likeness (QED) is 0.876. The molecule has 0 aliphatic carbocycles. The van der Waals surface area contributed by atoms with Crippen LogP contribution in [0, 0.1) is 6.92 Å². The molecule has 0 aliphatic heterocycles. The van der Waals surface area contributed by atoms with E-state index >= 15 is 0 Å². The zero-order valence-electron chi connectivity index (χ0n) is 11.6. The Morgan fingerprint density at radius 2 is 1.95 bits per heavy atom. The molecule has 0 radical (unpaired) electrons. The molecule has 0 fully saturated rings. The Labute approximate surface area is 134 Å². The summed E-state index contributed by atoms with van der Waals surface area (Å²) in [6.45, 7) is 2.63. The monoisotopic (exact) mass is 344 g/mol. The van der Waals surface area contributed by atoms with Crippen LogP contribution in [0.1, 0.15) is 11.1 Å². The van der Waals surface area contributed by atoms with E-state index in [1.807, 2.05) is 30.3 Å². The molecule has 0 amide bonds. The van der Waals surface area contributed by atoms with Crippen molar-refractivity contribution in [2.75, 3.05) is 13.1 Å². The van der Waals surface area contributed by atoms with Crippen molar-refractivity contribution in [3.8, 4) is 0 Å². The van der Waals surface area contributed by atoms with Crippen molar-refractivity contribution in [2.24, 2.45) is 5.73 Å². The van der Waals surface area contributed by atoms with Crippen LogP contribution >= 0.6 is 22.9 Å². The van der Waals surface area contributed by atoms with Gasteiger partial charge in [0.1, 0.15) is 4.21 Å². The highest BCUT2D eigenvalue weighted by atomic mass is 35.5. The average molecular weight is 345 g/mol. The molecular weight excluding hydrogens is 328 g/mol. The predicted molar refractivity (Wildman–Crippen MR) is 87.2 cm³/mol. The predicted octanol–water partition coefficient (Wildman–Crippen LogP) is 2.86. The van der Waals surface area contributed by atoms with Crippen LogP contribution in [0.3, 0.4) is 0 Å². The van der Waals surface area contributed by atoms with Crippen LogP contribution in [0.2, 0.25) is 4.34 Å². The summed E-state index contributed by atoms with van der Waals surface area (Å²) in [5.74, 6) is 0. The third kappa shape index (κ3) is 3.84. The third-order valence-electron chi connectivity index (χ3n) is 3.01. The highest BCUT2D eigenvalue weighted by Gasteiger charge is 2.26. The molecule has 0 unspecified atom stereocenters. The van der Waals surface area contributed by atoms with E-state index < -0.39 is 10.0 Å². The van der Waals surface area contributed by atoms with Gasteiger partial charge in [0.15, 0.2) is 0 Å². The first-order chi connectivity index (χ1) is 9.95. The standard InChI is InChI=1S/C14H17ClN2O2S2/c1-11-9-13(20-14(11)15)21(18,19)17(8-7-16)10-12-5-3-2-4-6-12/h2-6,9H,7-8,10,16H2,1H3. The van der Waals surface area contributed by atoms with Crippen molar-refractivity contribution in [3.63, 3.8) is 0 Å². The van der Waals surface area contributed by atoms with Gasteiger partial charge in [-0.15, -0.1) is 11.3 Å². The van der Waals surface area contributed by atoms with Crippen LogP contribution in [0.5, 0.6) is 0 Å². The molecule has 1 heterocycles. The second-order valence-corrected chi connectivity index (χ2v) is 8.45. The molecule has 0 bridgehead atoms. The van der Waals surface area contributed by atoms with Gasteiger partial charge in [0, 0.05) is 19.6 Å². The summed E-state index contributed by atoms with van der Waals surface area (Å²) in [4.78, 5) is 0. The van der Waals surface area contributed by atoms with Crippen LogP contribution in [0.15, 0.2) is 40.6 Å². The molecule has 2 rings (SSSR count). The maximum Gasteiger partial charge on any atom is 0.252 e. The molecule has 2 aromatic rings. The Hall–Kier alpha value is -0.920. The van der Waals surface area contributed by atoms with Crippen LogP contribution in [-0.4, -0.2) is 25.8 Å². The second-order valence-electron chi connectivity index (χ2n) is 4.64. The summed E-state index contributed by atoms with van der Waals surface area (Å²) < 4.78 is 27.6. The fourth-order valence-electron chi connectivity index (χ4n) is 1.90. The zero-order chi connectivity index (χ0) is 15.5. The van der Waals surface area contributed by atoms with E-state index in [0.717, 1.165) is 22.5 Å². The van der Waals surface area contributed by atoms with Gasteiger partial charge in [-0.3, -0.25) is 0 Å². The molecule has 0 aliphatic rings. The van der Waals surface area contributed by atoms with E-state index in [2.05, 4.69) is 0 Å². The summed E-state index contributed by atoms with van der Waals surface area (Å²) in [6.07, 6.45) is 0. The van der Waals surface area contributed by atoms with Crippen LogP contribution < -0.4 is 5.73 Å². The number of halogens is 1. The number of nitrogens with zero attached hydrogens (tertiary/aromatic N) is 1. The van der Waals surface area contributed by atoms with Gasteiger partial charge >= 0.3 is 0 Å². The number of aryl methyl sites for hydroxylation is 1. The summed E-state index contributed by atoms with van der Waals surface area (Å²) >= 11 is 7.07. The minimum absolute atomic E-state index is 0.259. The van der Waals surface area contributed by atoms with Gasteiger partial charge in [0.25, 0.3) is 10.0 Å². The van der Waals surface area contributed by atoms with Crippen molar-refractivity contribution in [1.29, 1.82) is 0 Å². The van der Waals surface area contributed by atoms with Crippen LogP contribution in [0.25, 0.3) is 0 Å². The first-order valence-electron chi connectivity index (χ1n) is 6.45. The molecule has 0 saturated carbocycles. The van der Waals surface area contributed by atoms with E-state index in [-0.39, 0.29) is 17.3 Å². The number of sulfonamides is 1. The van der Waals surface area contributed by atoms with E-state index in [4.69, 9.17) is 17.3 Å². The Bertz CT molecular complexity index is 680. The summed E-state index contributed by atoms with van der Waals surface area (Å²) in [5, 5.41) is 0. The van der Waals surface area contributed by atoms with Crippen molar-refractivity contribution >= 4 is 33.0 Å². The number of nitrogens with two attached hydrogens (primary N) is 1. The third-order valence-corrected chi connectivity index (χ3v) is 6.86. The normalized spacial score (nSPS) is 12.0. The summed E-state index contributed by atoms with van der Waals surface area (Å²) in [7, 11) is -3.58. The Morgan fingerprint density at radius 3 is 2.48 bits per heavy atom. The molecule has 1 aromatic carbocycles. The lowest BCUT2D eigenvalue weighted by Gasteiger charge is -2.20. The van der Waals surface area contributed by atoms with Gasteiger partial charge in [0.05, 0.1) is 4.34 Å². The van der Waals surface area contributed by atoms with Crippen molar-refractivity contribution in [3.05, 3.63) is 51.9 Å². The van der Waals surface area contributed by atoms with Crippen molar-refractivity contribution in [2.45, 2.75) is 17.7 Å². The van der Waals surface area contributed by atoms with Gasteiger partial charge in [-0.05, 0) is 24.1 Å². The number of benzene rings is 1. The Morgan fingerprint density at radius 1 is 1.29 bits per heavy atom. The van der Waals surface area contributed by atoms with Crippen molar-refractivity contribution < 1.29 is 8.42 Å². The molecule has 2 N–H and O–H groups in total. The van der Waals surface area contributed by atoms with Gasteiger partial charge in [-0.1, -0.05) is 41.9 Å². The molecule has 114 valence electrons. The lowest BCUT2D eigenvalue weighted by Crippen LogP contribution is -2.34. The SMILES string of the molecule is Cc1cc(S(=O)(=O)N(CCN)Cc2ccccc2)sc1Cl. The number of thiophene rings is 1. The molecule has 0 spiro atoms. The molecule has 1 aromatic heterocycles. The highest BCUT2D eigenvalue weighted by Crippen LogP contribution is 2.32. The minimum atomic E-state index is -3.58. The van der Waals surface area contributed by atoms with Gasteiger partial charge in [-0.2, -0.15) is 4.31 Å². The van der Waals surface area contributed by atoms with E-state index in [1.54, 1.807) is 13.0 Å². The first kappa shape index (κ1) is 16.5. The molecule has 0 saturated heterocycles. The Kier molecular flexibility index (Phi) is 5.40. The fourth-order valence-corrected chi connectivity index (χ4v) is 5.21. The maximum atomic E-state index is 12.7. The fraction of sp³-hybridized carbons (Fsp3) is 0.286. The topological polar surface area (TPSA) is 63.4 Å². The molecule has 4 nitrogen and oxygen atoms in total. The van der Waals surface area contributed by atoms with E-state index in [9.17, 15) is 8.42 Å². The minimum Gasteiger partial charge on any atom is -0.329 e. The lowest BCUT2D eigenvalue weighted by atomic mass is 10.2. The van der Waals surface area contributed by atoms with Crippen LogP contribution in [-0.2, 0) is 16.6 Å². The van der Waals surface area contributed by atoms with Gasteiger partial charge in [0.2, 0.25) is 0 Å². The summed E-state index contributed by atoms with van der Waals surface area (Å²) in [5.41, 5.74) is 7.26. The second kappa shape index (κ2) is 6.89. The highest BCUT2D eigenvalue weighted by molar-refractivity contribution is 7.91. The zero-order valence-corrected chi connectivity index (χ0v) is 14.0. The summed E-state index contributed by atoms with van der Waals surface area (Å²) in [6, 6.07) is 11.1. The first-order valence-corrected chi connectivity index (χ1v) is 9.08. The molecule has 0 atom stereocenters. The van der Waals surface area contributed by atoms with Gasteiger partial charge in [-0.25, -0.2) is 8.42 Å². The van der Waals surface area contributed by atoms with Crippen LogP contribution in [0.4, 0.5) is 0 Å². The largest absolute Gasteiger partial charge is 0.329 e. The molecule has 7 heteroatoms. The Balaban J connectivity index is 2.32. The molecular formula is C14H17ClN2O2S2. The smallest absolute Gasteiger partial charge is 0.252 e. The van der Waals surface area contributed by atoms with E-state index in [1.165, 1.54) is 4.31 Å². The number of hydrogen-bond donors (Lipinski definition) is 1. The van der Waals surface area contributed by atoms with Gasteiger partial charge < -0.3 is 5.73 Å².